The van der Waals surface area contributed by atoms with Crippen molar-refractivity contribution >= 4 is 17.5 Å². The standard InChI is InChI=1S/C12H12ClN3O/c1-8-6-7-9(2)16(8)15-12(17)10-4-3-5-11(13)14-10/h3-7H,1-2H3,(H,15,17). The number of nitrogens with zero attached hydrogens (tertiary/aromatic N) is 2. The van der Waals surface area contributed by atoms with Gasteiger partial charge in [-0.2, -0.15) is 0 Å². The lowest BCUT2D eigenvalue weighted by Gasteiger charge is -2.10. The Hall–Kier alpha value is -1.81. The Labute approximate surface area is 104 Å². The molecule has 2 heterocycles. The van der Waals surface area contributed by atoms with Gasteiger partial charge in [-0.25, -0.2) is 4.98 Å². The van der Waals surface area contributed by atoms with Crippen molar-refractivity contribution in [3.8, 4) is 0 Å². The second-order valence-corrected chi connectivity index (χ2v) is 4.13. The fraction of sp³-hybridized carbons (Fsp3) is 0.167. The van der Waals surface area contributed by atoms with Crippen LogP contribution in [0.15, 0.2) is 30.3 Å². The molecular weight excluding hydrogens is 238 g/mol. The summed E-state index contributed by atoms with van der Waals surface area (Å²) in [5, 5.41) is 0.304. The molecule has 0 saturated carbocycles. The van der Waals surface area contributed by atoms with Gasteiger partial charge in [-0.15, -0.1) is 0 Å². The van der Waals surface area contributed by atoms with Gasteiger partial charge in [-0.3, -0.25) is 14.9 Å². The van der Waals surface area contributed by atoms with E-state index in [0.29, 0.717) is 10.8 Å². The van der Waals surface area contributed by atoms with E-state index in [0.717, 1.165) is 11.4 Å². The SMILES string of the molecule is Cc1ccc(C)n1NC(=O)c1cccc(Cl)n1. The fourth-order valence-corrected chi connectivity index (χ4v) is 1.70. The first kappa shape index (κ1) is 11.7. The van der Waals surface area contributed by atoms with Crippen molar-refractivity contribution in [1.82, 2.24) is 9.66 Å². The van der Waals surface area contributed by atoms with E-state index in [4.69, 9.17) is 11.6 Å². The summed E-state index contributed by atoms with van der Waals surface area (Å²) in [4.78, 5) is 15.9. The summed E-state index contributed by atoms with van der Waals surface area (Å²) < 4.78 is 1.71. The number of nitrogens with one attached hydrogen (secondary N) is 1. The van der Waals surface area contributed by atoms with Crippen LogP contribution in [0.3, 0.4) is 0 Å². The molecule has 0 aliphatic carbocycles. The summed E-state index contributed by atoms with van der Waals surface area (Å²) >= 11 is 5.74. The van der Waals surface area contributed by atoms with Crippen LogP contribution in [0.25, 0.3) is 0 Å². The smallest absolute Gasteiger partial charge is 0.266 e. The van der Waals surface area contributed by atoms with E-state index in [1.165, 1.54) is 0 Å². The lowest BCUT2D eigenvalue weighted by Crippen LogP contribution is -2.25. The normalized spacial score (nSPS) is 10.3. The zero-order valence-electron chi connectivity index (χ0n) is 9.57. The van der Waals surface area contributed by atoms with Crippen LogP contribution in [0.1, 0.15) is 21.9 Å². The van der Waals surface area contributed by atoms with Gasteiger partial charge in [0.05, 0.1) is 0 Å². The Morgan fingerprint density at radius 2 is 1.88 bits per heavy atom. The second kappa shape index (κ2) is 4.59. The predicted molar refractivity (Wildman–Crippen MR) is 66.8 cm³/mol. The molecule has 0 unspecified atom stereocenters. The zero-order valence-corrected chi connectivity index (χ0v) is 10.3. The third-order valence-corrected chi connectivity index (χ3v) is 2.64. The van der Waals surface area contributed by atoms with Crippen molar-refractivity contribution in [3.63, 3.8) is 0 Å². The Morgan fingerprint density at radius 3 is 2.47 bits per heavy atom. The van der Waals surface area contributed by atoms with Crippen LogP contribution < -0.4 is 5.43 Å². The van der Waals surface area contributed by atoms with Crippen molar-refractivity contribution in [2.75, 3.05) is 5.43 Å². The number of halogens is 1. The first-order valence-corrected chi connectivity index (χ1v) is 5.54. The highest BCUT2D eigenvalue weighted by Crippen LogP contribution is 2.08. The average Bonchev–Trinajstić information content (AvgIpc) is 2.61. The summed E-state index contributed by atoms with van der Waals surface area (Å²) in [5.41, 5.74) is 4.97. The van der Waals surface area contributed by atoms with Gasteiger partial charge in [0.25, 0.3) is 5.91 Å². The maximum Gasteiger partial charge on any atom is 0.288 e. The van der Waals surface area contributed by atoms with Crippen LogP contribution in [-0.4, -0.2) is 15.6 Å². The molecule has 0 aliphatic rings. The molecule has 0 fully saturated rings. The molecule has 0 saturated heterocycles. The van der Waals surface area contributed by atoms with Gasteiger partial charge >= 0.3 is 0 Å². The third kappa shape index (κ3) is 2.47. The largest absolute Gasteiger partial charge is 0.288 e. The minimum Gasteiger partial charge on any atom is -0.266 e. The second-order valence-electron chi connectivity index (χ2n) is 3.74. The highest BCUT2D eigenvalue weighted by atomic mass is 35.5. The van der Waals surface area contributed by atoms with Crippen LogP contribution in [-0.2, 0) is 0 Å². The molecule has 5 heteroatoms. The Balaban J connectivity index is 2.23. The summed E-state index contributed by atoms with van der Waals surface area (Å²) in [5.74, 6) is -0.282. The lowest BCUT2D eigenvalue weighted by molar-refractivity contribution is 0.100. The number of pyridine rings is 1. The minimum absolute atomic E-state index is 0.282. The van der Waals surface area contributed by atoms with Gasteiger partial charge in [0.15, 0.2) is 0 Å². The molecule has 0 aromatic carbocycles. The fourth-order valence-electron chi connectivity index (χ4n) is 1.54. The summed E-state index contributed by atoms with van der Waals surface area (Å²) in [6.07, 6.45) is 0. The predicted octanol–water partition coefficient (Wildman–Crippen LogP) is 2.54. The van der Waals surface area contributed by atoms with E-state index in [2.05, 4.69) is 10.4 Å². The van der Waals surface area contributed by atoms with Crippen LogP contribution >= 0.6 is 11.6 Å². The van der Waals surface area contributed by atoms with E-state index >= 15 is 0 Å². The molecule has 2 rings (SSSR count). The maximum atomic E-state index is 11.9. The van der Waals surface area contributed by atoms with Crippen molar-refractivity contribution in [2.45, 2.75) is 13.8 Å². The van der Waals surface area contributed by atoms with Crippen molar-refractivity contribution < 1.29 is 4.79 Å². The third-order valence-electron chi connectivity index (χ3n) is 2.43. The van der Waals surface area contributed by atoms with Crippen molar-refractivity contribution in [1.29, 1.82) is 0 Å². The highest BCUT2D eigenvalue weighted by Gasteiger charge is 2.09. The molecule has 0 atom stereocenters. The highest BCUT2D eigenvalue weighted by molar-refractivity contribution is 6.29. The molecule has 2 aromatic rings. The maximum absolute atomic E-state index is 11.9. The number of carbonyl (C=O) groups excluding carboxylic acids is 1. The van der Waals surface area contributed by atoms with Gasteiger partial charge in [0, 0.05) is 11.4 Å². The number of hydrogen-bond acceptors (Lipinski definition) is 2. The Bertz CT molecular complexity index is 543. The Morgan fingerprint density at radius 1 is 1.24 bits per heavy atom. The number of aromatic nitrogens is 2. The van der Waals surface area contributed by atoms with Crippen LogP contribution in [0.5, 0.6) is 0 Å². The monoisotopic (exact) mass is 249 g/mol. The van der Waals surface area contributed by atoms with Crippen LogP contribution in [0.4, 0.5) is 0 Å². The molecule has 0 aliphatic heterocycles. The summed E-state index contributed by atoms with van der Waals surface area (Å²) in [6, 6.07) is 8.81. The van der Waals surface area contributed by atoms with Gasteiger partial charge in [0.2, 0.25) is 0 Å². The number of amides is 1. The first-order valence-electron chi connectivity index (χ1n) is 5.17. The van der Waals surface area contributed by atoms with E-state index in [1.807, 2.05) is 26.0 Å². The summed E-state index contributed by atoms with van der Waals surface area (Å²) in [7, 11) is 0. The van der Waals surface area contributed by atoms with Crippen LogP contribution in [0, 0.1) is 13.8 Å². The van der Waals surface area contributed by atoms with E-state index < -0.39 is 0 Å². The molecule has 0 bridgehead atoms. The van der Waals surface area contributed by atoms with Gasteiger partial charge in [-0.1, -0.05) is 17.7 Å². The Kier molecular flexibility index (Phi) is 3.15. The van der Waals surface area contributed by atoms with Crippen LogP contribution in [0.2, 0.25) is 5.15 Å². The molecule has 17 heavy (non-hydrogen) atoms. The molecule has 4 nitrogen and oxygen atoms in total. The van der Waals surface area contributed by atoms with Crippen molar-refractivity contribution in [2.24, 2.45) is 0 Å². The quantitative estimate of drug-likeness (QED) is 0.832. The lowest BCUT2D eigenvalue weighted by atomic mass is 10.3. The zero-order chi connectivity index (χ0) is 12.4. The molecule has 2 aromatic heterocycles. The number of aryl methyl sites for hydroxylation is 2. The minimum atomic E-state index is -0.282. The summed E-state index contributed by atoms with van der Waals surface area (Å²) in [6.45, 7) is 3.83. The molecule has 88 valence electrons. The molecule has 1 amide bonds. The number of carbonyl (C=O) groups is 1. The molecule has 0 radical (unpaired) electrons. The average molecular weight is 250 g/mol. The van der Waals surface area contributed by atoms with E-state index in [9.17, 15) is 4.79 Å². The first-order chi connectivity index (χ1) is 8.08. The van der Waals surface area contributed by atoms with Gasteiger partial charge in [-0.05, 0) is 38.1 Å². The van der Waals surface area contributed by atoms with Gasteiger partial charge in [0.1, 0.15) is 10.8 Å². The van der Waals surface area contributed by atoms with E-state index in [-0.39, 0.29) is 5.91 Å². The molecule has 0 spiro atoms. The number of rotatable bonds is 2. The van der Waals surface area contributed by atoms with Gasteiger partial charge < -0.3 is 0 Å². The molecular formula is C12H12ClN3O. The van der Waals surface area contributed by atoms with E-state index in [1.54, 1.807) is 22.9 Å². The topological polar surface area (TPSA) is 46.9 Å². The van der Waals surface area contributed by atoms with Crippen molar-refractivity contribution in [3.05, 3.63) is 52.6 Å². The molecule has 1 N–H and O–H groups in total. The number of hydrogen-bond donors (Lipinski definition) is 1.